The smallest absolute Gasteiger partial charge is 0.236 e. The van der Waals surface area contributed by atoms with Gasteiger partial charge in [0, 0.05) is 5.88 Å². The molecule has 0 N–H and O–H groups in total. The highest BCUT2D eigenvalue weighted by atomic mass is 35.5. The van der Waals surface area contributed by atoms with E-state index in [2.05, 4.69) is 4.98 Å². The van der Waals surface area contributed by atoms with Crippen LogP contribution < -0.4 is 0 Å². The predicted octanol–water partition coefficient (Wildman–Crippen LogP) is 2.94. The first-order chi connectivity index (χ1) is 6.60. The Morgan fingerprint density at radius 2 is 2.29 bits per heavy atom. The van der Waals surface area contributed by atoms with Crippen molar-refractivity contribution in [2.24, 2.45) is 0 Å². The monoisotopic (exact) mass is 216 g/mol. The molecule has 1 rings (SSSR count). The molecule has 0 atom stereocenters. The molecule has 5 heteroatoms. The van der Waals surface area contributed by atoms with Crippen LogP contribution in [0.4, 0.5) is 8.78 Å². The zero-order chi connectivity index (χ0) is 10.7. The van der Waals surface area contributed by atoms with Crippen molar-refractivity contribution in [1.29, 1.82) is 5.26 Å². The highest BCUT2D eigenvalue weighted by Gasteiger charge is 2.16. The average molecular weight is 217 g/mol. The molecule has 0 saturated carbocycles. The molecular formula is C9H7ClF2N2. The largest absolute Gasteiger partial charge is 0.280 e. The number of alkyl halides is 3. The minimum Gasteiger partial charge on any atom is -0.236 e. The standard InChI is InChI=1S/C9H7ClF2N2/c1-5-6(3-10)2-7(4-13)14-8(5)9(11)12/h2,9H,3H2,1H3. The summed E-state index contributed by atoms with van der Waals surface area (Å²) in [5, 5.41) is 8.55. The molecule has 0 spiro atoms. The van der Waals surface area contributed by atoms with Crippen LogP contribution in [0.15, 0.2) is 6.07 Å². The van der Waals surface area contributed by atoms with E-state index in [1.165, 1.54) is 13.0 Å². The summed E-state index contributed by atoms with van der Waals surface area (Å²) in [4.78, 5) is 3.53. The Kier molecular flexibility index (Phi) is 3.37. The van der Waals surface area contributed by atoms with Gasteiger partial charge in [0.05, 0.1) is 0 Å². The maximum Gasteiger partial charge on any atom is 0.280 e. The number of halogens is 3. The number of aromatic nitrogens is 1. The van der Waals surface area contributed by atoms with E-state index in [9.17, 15) is 8.78 Å². The molecule has 2 nitrogen and oxygen atoms in total. The normalized spacial score (nSPS) is 10.3. The lowest BCUT2D eigenvalue weighted by Gasteiger charge is -2.08. The second-order valence-corrected chi connectivity index (χ2v) is 2.99. The summed E-state index contributed by atoms with van der Waals surface area (Å²) in [6, 6.07) is 3.15. The van der Waals surface area contributed by atoms with Gasteiger partial charge in [0.1, 0.15) is 17.5 Å². The van der Waals surface area contributed by atoms with Gasteiger partial charge in [0.15, 0.2) is 0 Å². The van der Waals surface area contributed by atoms with Gasteiger partial charge in [-0.3, -0.25) is 0 Å². The van der Waals surface area contributed by atoms with Crippen LogP contribution >= 0.6 is 11.6 Å². The SMILES string of the molecule is Cc1c(CCl)cc(C#N)nc1C(F)F. The molecule has 0 fully saturated rings. The zero-order valence-corrected chi connectivity index (χ0v) is 8.15. The third-order valence-corrected chi connectivity index (χ3v) is 2.17. The fourth-order valence-corrected chi connectivity index (χ4v) is 1.37. The molecule has 0 aliphatic rings. The number of rotatable bonds is 2. The van der Waals surface area contributed by atoms with Gasteiger partial charge in [-0.2, -0.15) is 5.26 Å². The quantitative estimate of drug-likeness (QED) is 0.713. The van der Waals surface area contributed by atoms with Crippen molar-refractivity contribution in [2.45, 2.75) is 19.2 Å². The first-order valence-electron chi connectivity index (χ1n) is 3.84. The lowest BCUT2D eigenvalue weighted by atomic mass is 10.1. The number of hydrogen-bond acceptors (Lipinski definition) is 2. The summed E-state index contributed by atoms with van der Waals surface area (Å²) in [6.45, 7) is 1.52. The van der Waals surface area contributed by atoms with Crippen molar-refractivity contribution in [3.8, 4) is 6.07 Å². The fourth-order valence-electron chi connectivity index (χ4n) is 1.09. The Bertz CT molecular complexity index is 385. The Labute approximate surface area is 85.1 Å². The molecule has 0 aromatic carbocycles. The van der Waals surface area contributed by atoms with E-state index < -0.39 is 6.43 Å². The molecule has 74 valence electrons. The molecule has 0 unspecified atom stereocenters. The number of hydrogen-bond donors (Lipinski definition) is 0. The van der Waals surface area contributed by atoms with Crippen molar-refractivity contribution in [1.82, 2.24) is 4.98 Å². The van der Waals surface area contributed by atoms with Crippen LogP contribution in [0.2, 0.25) is 0 Å². The Morgan fingerprint density at radius 1 is 1.64 bits per heavy atom. The average Bonchev–Trinajstić information content (AvgIpc) is 2.17. The Morgan fingerprint density at radius 3 is 2.71 bits per heavy atom. The highest BCUT2D eigenvalue weighted by Crippen LogP contribution is 2.24. The number of pyridine rings is 1. The third kappa shape index (κ3) is 1.99. The second-order valence-electron chi connectivity index (χ2n) is 2.72. The maximum absolute atomic E-state index is 12.4. The van der Waals surface area contributed by atoms with Crippen molar-refractivity contribution >= 4 is 11.6 Å². The van der Waals surface area contributed by atoms with Gasteiger partial charge in [-0.05, 0) is 24.1 Å². The Hall–Kier alpha value is -1.21. The van der Waals surface area contributed by atoms with Crippen molar-refractivity contribution in [2.75, 3.05) is 0 Å². The molecule has 1 heterocycles. The lowest BCUT2D eigenvalue weighted by molar-refractivity contribution is 0.145. The molecule has 0 aliphatic heterocycles. The summed E-state index contributed by atoms with van der Waals surface area (Å²) in [7, 11) is 0. The summed E-state index contributed by atoms with van der Waals surface area (Å²) >= 11 is 5.56. The van der Waals surface area contributed by atoms with Gasteiger partial charge < -0.3 is 0 Å². The maximum atomic E-state index is 12.4. The van der Waals surface area contributed by atoms with E-state index in [1.807, 2.05) is 0 Å². The van der Waals surface area contributed by atoms with Gasteiger partial charge >= 0.3 is 0 Å². The summed E-state index contributed by atoms with van der Waals surface area (Å²) in [5.41, 5.74) is 0.490. The summed E-state index contributed by atoms with van der Waals surface area (Å²) < 4.78 is 24.9. The predicted molar refractivity (Wildman–Crippen MR) is 48.2 cm³/mol. The second kappa shape index (κ2) is 4.34. The zero-order valence-electron chi connectivity index (χ0n) is 7.39. The van der Waals surface area contributed by atoms with Crippen LogP contribution in [0.5, 0.6) is 0 Å². The van der Waals surface area contributed by atoms with Crippen LogP contribution in [-0.4, -0.2) is 4.98 Å². The molecule has 0 amide bonds. The van der Waals surface area contributed by atoms with Crippen LogP contribution in [0.3, 0.4) is 0 Å². The molecule has 0 radical (unpaired) electrons. The van der Waals surface area contributed by atoms with Gasteiger partial charge in [0.25, 0.3) is 6.43 Å². The number of nitrogens with zero attached hydrogens (tertiary/aromatic N) is 2. The van der Waals surface area contributed by atoms with E-state index in [-0.39, 0.29) is 17.3 Å². The van der Waals surface area contributed by atoms with Crippen LogP contribution in [-0.2, 0) is 5.88 Å². The van der Waals surface area contributed by atoms with Crippen LogP contribution in [0.25, 0.3) is 0 Å². The minimum atomic E-state index is -2.68. The fraction of sp³-hybridized carbons (Fsp3) is 0.333. The molecule has 1 aromatic rings. The first kappa shape index (κ1) is 10.9. The van der Waals surface area contributed by atoms with Crippen molar-refractivity contribution < 1.29 is 8.78 Å². The van der Waals surface area contributed by atoms with E-state index in [4.69, 9.17) is 16.9 Å². The molecule has 0 saturated heterocycles. The molecule has 0 aliphatic carbocycles. The molecular weight excluding hydrogens is 210 g/mol. The third-order valence-electron chi connectivity index (χ3n) is 1.88. The summed E-state index contributed by atoms with van der Waals surface area (Å²) in [5.74, 6) is 0.1000. The van der Waals surface area contributed by atoms with E-state index in [0.717, 1.165) is 0 Å². The molecule has 0 bridgehead atoms. The van der Waals surface area contributed by atoms with Crippen molar-refractivity contribution in [3.63, 3.8) is 0 Å². The van der Waals surface area contributed by atoms with Crippen LogP contribution in [0.1, 0.15) is 28.9 Å². The Balaban J connectivity index is 3.36. The van der Waals surface area contributed by atoms with Gasteiger partial charge in [-0.15, -0.1) is 11.6 Å². The minimum absolute atomic E-state index is 0.0263. The molecule has 1 aromatic heterocycles. The van der Waals surface area contributed by atoms with E-state index >= 15 is 0 Å². The van der Waals surface area contributed by atoms with Gasteiger partial charge in [-0.25, -0.2) is 13.8 Å². The highest BCUT2D eigenvalue weighted by molar-refractivity contribution is 6.17. The lowest BCUT2D eigenvalue weighted by Crippen LogP contribution is -2.01. The first-order valence-corrected chi connectivity index (χ1v) is 4.38. The van der Waals surface area contributed by atoms with Gasteiger partial charge in [-0.1, -0.05) is 0 Å². The molecule has 14 heavy (non-hydrogen) atoms. The van der Waals surface area contributed by atoms with Crippen molar-refractivity contribution in [3.05, 3.63) is 28.6 Å². The van der Waals surface area contributed by atoms with Gasteiger partial charge in [0.2, 0.25) is 0 Å². The van der Waals surface area contributed by atoms with Crippen LogP contribution in [0, 0.1) is 18.3 Å². The number of nitriles is 1. The van der Waals surface area contributed by atoms with E-state index in [1.54, 1.807) is 6.07 Å². The topological polar surface area (TPSA) is 36.7 Å². The van der Waals surface area contributed by atoms with E-state index in [0.29, 0.717) is 11.1 Å². The summed E-state index contributed by atoms with van der Waals surface area (Å²) in [6.07, 6.45) is -2.68.